The fourth-order valence-corrected chi connectivity index (χ4v) is 2.69. The highest BCUT2D eigenvalue weighted by atomic mass is 16.5. The summed E-state index contributed by atoms with van der Waals surface area (Å²) in [6.07, 6.45) is 0. The van der Waals surface area contributed by atoms with Gasteiger partial charge in [0.1, 0.15) is 5.75 Å². The normalized spacial score (nSPS) is 14.2. The Bertz CT molecular complexity index is 770. The molecule has 0 aliphatic heterocycles. The van der Waals surface area contributed by atoms with Crippen LogP contribution in [0.4, 0.5) is 0 Å². The largest absolute Gasteiger partial charge is 0.496 e. The van der Waals surface area contributed by atoms with Gasteiger partial charge in [-0.15, -0.1) is 0 Å². The number of methoxy groups -OCH3 is 1. The van der Waals surface area contributed by atoms with E-state index in [9.17, 15) is 9.59 Å². The third-order valence-electron chi connectivity index (χ3n) is 3.72. The van der Waals surface area contributed by atoms with Crippen molar-refractivity contribution in [3.05, 3.63) is 70.8 Å². The van der Waals surface area contributed by atoms with E-state index in [2.05, 4.69) is 0 Å². The van der Waals surface area contributed by atoms with E-state index in [1.165, 1.54) is 7.11 Å². The van der Waals surface area contributed by atoms with Crippen LogP contribution in [-0.2, 0) is 0 Å². The van der Waals surface area contributed by atoms with Gasteiger partial charge in [0.2, 0.25) is 0 Å². The lowest BCUT2D eigenvalue weighted by atomic mass is 9.81. The van der Waals surface area contributed by atoms with Crippen molar-refractivity contribution in [1.29, 1.82) is 0 Å². The molecule has 2 aromatic rings. The van der Waals surface area contributed by atoms with Crippen molar-refractivity contribution < 1.29 is 14.3 Å². The first-order chi connectivity index (χ1) is 10.1. The van der Waals surface area contributed by atoms with Crippen LogP contribution < -0.4 is 4.74 Å². The smallest absolute Gasteiger partial charge is 0.198 e. The van der Waals surface area contributed by atoms with Crippen LogP contribution in [0.2, 0.25) is 0 Å². The van der Waals surface area contributed by atoms with Crippen molar-refractivity contribution in [2.75, 3.05) is 7.11 Å². The van der Waals surface area contributed by atoms with E-state index in [0.29, 0.717) is 28.0 Å². The minimum Gasteiger partial charge on any atom is -0.496 e. The van der Waals surface area contributed by atoms with Crippen LogP contribution in [0.25, 0.3) is 5.57 Å². The van der Waals surface area contributed by atoms with Gasteiger partial charge >= 0.3 is 0 Å². The van der Waals surface area contributed by atoms with Gasteiger partial charge in [-0.1, -0.05) is 42.5 Å². The number of ether oxygens (including phenoxy) is 1. The van der Waals surface area contributed by atoms with Crippen LogP contribution in [0.1, 0.15) is 33.2 Å². The molecule has 0 unspecified atom stereocenters. The van der Waals surface area contributed by atoms with Crippen molar-refractivity contribution in [1.82, 2.24) is 0 Å². The predicted octanol–water partition coefficient (Wildman–Crippen LogP) is 3.55. The highest BCUT2D eigenvalue weighted by Crippen LogP contribution is 2.36. The Morgan fingerprint density at radius 1 is 0.857 bits per heavy atom. The van der Waals surface area contributed by atoms with E-state index < -0.39 is 0 Å². The predicted molar refractivity (Wildman–Crippen MR) is 80.7 cm³/mol. The number of fused-ring (bicyclic) bond motifs is 1. The van der Waals surface area contributed by atoms with Crippen LogP contribution in [0.15, 0.2) is 54.1 Å². The third kappa shape index (κ3) is 1.98. The van der Waals surface area contributed by atoms with Gasteiger partial charge in [0.25, 0.3) is 0 Å². The SMILES string of the molecule is COc1cccc2c1C(=O)C(c1ccccc1)=C(C)C2=O. The fourth-order valence-electron chi connectivity index (χ4n) is 2.69. The average Bonchev–Trinajstić information content (AvgIpc) is 2.53. The number of hydrogen-bond acceptors (Lipinski definition) is 3. The molecule has 0 heterocycles. The zero-order valence-electron chi connectivity index (χ0n) is 11.8. The summed E-state index contributed by atoms with van der Waals surface area (Å²) in [5.74, 6) is 0.153. The second-order valence-corrected chi connectivity index (χ2v) is 4.91. The van der Waals surface area contributed by atoms with Crippen LogP contribution in [0.3, 0.4) is 0 Å². The highest BCUT2D eigenvalue weighted by molar-refractivity contribution is 6.41. The molecule has 1 aliphatic carbocycles. The maximum atomic E-state index is 12.9. The molecule has 0 atom stereocenters. The molecule has 0 amide bonds. The Morgan fingerprint density at radius 2 is 1.57 bits per heavy atom. The molecule has 21 heavy (non-hydrogen) atoms. The van der Waals surface area contributed by atoms with Crippen molar-refractivity contribution >= 4 is 17.1 Å². The molecule has 3 rings (SSSR count). The Morgan fingerprint density at radius 3 is 2.24 bits per heavy atom. The number of benzene rings is 2. The van der Waals surface area contributed by atoms with Crippen molar-refractivity contribution in [2.24, 2.45) is 0 Å². The van der Waals surface area contributed by atoms with Crippen LogP contribution in [0, 0.1) is 0 Å². The first-order valence-electron chi connectivity index (χ1n) is 6.68. The van der Waals surface area contributed by atoms with Crippen molar-refractivity contribution in [3.8, 4) is 5.75 Å². The molecule has 3 heteroatoms. The number of ketones is 2. The number of allylic oxidation sites excluding steroid dienone is 2. The molecule has 3 nitrogen and oxygen atoms in total. The zero-order valence-corrected chi connectivity index (χ0v) is 11.8. The van der Waals surface area contributed by atoms with Gasteiger partial charge in [-0.3, -0.25) is 9.59 Å². The van der Waals surface area contributed by atoms with E-state index in [4.69, 9.17) is 4.74 Å². The van der Waals surface area contributed by atoms with Gasteiger partial charge in [0.05, 0.1) is 12.7 Å². The molecule has 0 saturated heterocycles. The molecule has 0 saturated carbocycles. The van der Waals surface area contributed by atoms with Crippen molar-refractivity contribution in [3.63, 3.8) is 0 Å². The number of carbonyl (C=O) groups excluding carboxylic acids is 2. The van der Waals surface area contributed by atoms with E-state index >= 15 is 0 Å². The molecule has 1 aliphatic rings. The van der Waals surface area contributed by atoms with E-state index in [1.54, 1.807) is 25.1 Å². The summed E-state index contributed by atoms with van der Waals surface area (Å²) >= 11 is 0. The summed E-state index contributed by atoms with van der Waals surface area (Å²) in [6, 6.07) is 14.4. The van der Waals surface area contributed by atoms with Gasteiger partial charge in [-0.05, 0) is 18.6 Å². The monoisotopic (exact) mass is 278 g/mol. The molecule has 0 bridgehead atoms. The second-order valence-electron chi connectivity index (χ2n) is 4.91. The van der Waals surface area contributed by atoms with Gasteiger partial charge < -0.3 is 4.74 Å². The molecule has 0 N–H and O–H groups in total. The van der Waals surface area contributed by atoms with E-state index in [-0.39, 0.29) is 11.6 Å². The lowest BCUT2D eigenvalue weighted by Crippen LogP contribution is -2.21. The molecule has 104 valence electrons. The van der Waals surface area contributed by atoms with Crippen LogP contribution in [0.5, 0.6) is 5.75 Å². The minimum atomic E-state index is -0.161. The highest BCUT2D eigenvalue weighted by Gasteiger charge is 2.32. The van der Waals surface area contributed by atoms with E-state index in [0.717, 1.165) is 5.56 Å². The fraction of sp³-hybridized carbons (Fsp3) is 0.111. The summed E-state index contributed by atoms with van der Waals surface area (Å²) in [5.41, 5.74) is 2.46. The molecule has 0 aromatic heterocycles. The average molecular weight is 278 g/mol. The molecule has 2 aromatic carbocycles. The molecule has 0 spiro atoms. The second kappa shape index (κ2) is 5.02. The summed E-state index contributed by atoms with van der Waals surface area (Å²) in [5, 5.41) is 0. The van der Waals surface area contributed by atoms with Gasteiger partial charge in [0, 0.05) is 16.7 Å². The third-order valence-corrected chi connectivity index (χ3v) is 3.72. The maximum absolute atomic E-state index is 12.9. The molecular weight excluding hydrogens is 264 g/mol. The van der Waals surface area contributed by atoms with Gasteiger partial charge in [-0.25, -0.2) is 0 Å². The maximum Gasteiger partial charge on any atom is 0.198 e. The van der Waals surface area contributed by atoms with Gasteiger partial charge in [-0.2, -0.15) is 0 Å². The summed E-state index contributed by atoms with van der Waals surface area (Å²) < 4.78 is 5.26. The Hall–Kier alpha value is -2.68. The topological polar surface area (TPSA) is 43.4 Å². The minimum absolute atomic E-state index is 0.123. The first kappa shape index (κ1) is 13.3. The molecule has 0 radical (unpaired) electrons. The lowest BCUT2D eigenvalue weighted by Gasteiger charge is -2.21. The lowest BCUT2D eigenvalue weighted by molar-refractivity contribution is 0.0989. The first-order valence-corrected chi connectivity index (χ1v) is 6.68. The number of rotatable bonds is 2. The quantitative estimate of drug-likeness (QED) is 0.843. The Balaban J connectivity index is 2.27. The number of carbonyl (C=O) groups is 2. The summed E-state index contributed by atoms with van der Waals surface area (Å²) in [7, 11) is 1.50. The van der Waals surface area contributed by atoms with E-state index in [1.807, 2.05) is 30.3 Å². The summed E-state index contributed by atoms with van der Waals surface area (Å²) in [4.78, 5) is 25.4. The Kier molecular flexibility index (Phi) is 3.18. The number of hydrogen-bond donors (Lipinski definition) is 0. The summed E-state index contributed by atoms with van der Waals surface area (Å²) in [6.45, 7) is 1.70. The zero-order chi connectivity index (χ0) is 15.0. The molecule has 0 fully saturated rings. The Labute approximate surface area is 122 Å². The standard InChI is InChI=1S/C18H14O3/c1-11-15(12-7-4-3-5-8-12)18(20)16-13(17(11)19)9-6-10-14(16)21-2/h3-10H,1-2H3. The number of Topliss-reactive ketones (excluding diaryl/α,β-unsaturated/α-hetero) is 2. The van der Waals surface area contributed by atoms with Crippen LogP contribution in [-0.4, -0.2) is 18.7 Å². The van der Waals surface area contributed by atoms with Gasteiger partial charge in [0.15, 0.2) is 11.6 Å². The van der Waals surface area contributed by atoms with Crippen molar-refractivity contribution in [2.45, 2.75) is 6.92 Å². The molecular formula is C18H14O3. The van der Waals surface area contributed by atoms with Crippen LogP contribution >= 0.6 is 0 Å².